The van der Waals surface area contributed by atoms with E-state index in [1.54, 1.807) is 11.3 Å². The fraction of sp³-hybridized carbons (Fsp3) is 0.500. The van der Waals surface area contributed by atoms with Crippen molar-refractivity contribution in [3.05, 3.63) is 52.0 Å². The van der Waals surface area contributed by atoms with Crippen LogP contribution < -0.4 is 10.9 Å². The number of carbonyl (C=O) groups is 1. The van der Waals surface area contributed by atoms with Gasteiger partial charge in [-0.2, -0.15) is 0 Å². The molecule has 0 bridgehead atoms. The number of carbonyl (C=O) groups excluding carboxylic acids is 1. The first-order valence-electron chi connectivity index (χ1n) is 9.43. The largest absolute Gasteiger partial charge is 0.342 e. The van der Waals surface area contributed by atoms with Crippen molar-refractivity contribution in [2.24, 2.45) is 5.92 Å². The Morgan fingerprint density at radius 2 is 2.15 bits per heavy atom. The van der Waals surface area contributed by atoms with Crippen molar-refractivity contribution in [3.8, 4) is 0 Å². The van der Waals surface area contributed by atoms with Gasteiger partial charge in [-0.1, -0.05) is 30.3 Å². The summed E-state index contributed by atoms with van der Waals surface area (Å²) in [6, 6.07) is 11.5. The van der Waals surface area contributed by atoms with Crippen LogP contribution in [0.4, 0.5) is 0 Å². The Balaban J connectivity index is 1.34. The number of amides is 1. The van der Waals surface area contributed by atoms with Gasteiger partial charge in [-0.15, -0.1) is 11.3 Å². The fourth-order valence-electron chi connectivity index (χ4n) is 4.13. The van der Waals surface area contributed by atoms with E-state index in [1.807, 2.05) is 17.2 Å². The van der Waals surface area contributed by atoms with Crippen molar-refractivity contribution in [1.82, 2.24) is 20.7 Å². The van der Waals surface area contributed by atoms with Crippen LogP contribution in [-0.2, 0) is 17.6 Å². The zero-order chi connectivity index (χ0) is 17.9. The van der Waals surface area contributed by atoms with Gasteiger partial charge in [0.05, 0.1) is 17.1 Å². The molecule has 1 amide bonds. The number of hydrogen-bond donors (Lipinski definition) is 2. The van der Waals surface area contributed by atoms with Crippen molar-refractivity contribution in [1.29, 1.82) is 0 Å². The standard InChI is InChI=1S/C20H26N4OS/c1-14-21-16(13-26-14)11-20(25)24-10-9-19-17(12-24)18(22-23-19)8-7-15-5-3-2-4-6-15/h2-6,13,17-19,22-23H,7-12H2,1H3. The first-order valence-corrected chi connectivity index (χ1v) is 10.3. The predicted octanol–water partition coefficient (Wildman–Crippen LogP) is 2.32. The minimum absolute atomic E-state index is 0.211. The van der Waals surface area contributed by atoms with Crippen LogP contribution in [0.1, 0.15) is 29.1 Å². The number of aromatic nitrogens is 1. The molecule has 3 heterocycles. The number of nitrogens with one attached hydrogen (secondary N) is 2. The van der Waals surface area contributed by atoms with Crippen molar-refractivity contribution in [2.75, 3.05) is 13.1 Å². The third-order valence-corrected chi connectivity index (χ3v) is 6.39. The molecule has 2 fully saturated rings. The van der Waals surface area contributed by atoms with Gasteiger partial charge in [0.1, 0.15) is 0 Å². The highest BCUT2D eigenvalue weighted by molar-refractivity contribution is 7.09. The third kappa shape index (κ3) is 3.98. The molecule has 6 heteroatoms. The lowest BCUT2D eigenvalue weighted by atomic mass is 9.85. The zero-order valence-corrected chi connectivity index (χ0v) is 16.0. The summed E-state index contributed by atoms with van der Waals surface area (Å²) in [5, 5.41) is 3.03. The SMILES string of the molecule is Cc1nc(CC(=O)N2CCC3NNC(CCc4ccccc4)C3C2)cs1. The Labute approximate surface area is 158 Å². The van der Waals surface area contributed by atoms with Crippen molar-refractivity contribution in [3.63, 3.8) is 0 Å². The first kappa shape index (κ1) is 17.6. The molecule has 3 unspecified atom stereocenters. The van der Waals surface area contributed by atoms with Gasteiger partial charge in [-0.25, -0.2) is 4.98 Å². The molecule has 0 saturated carbocycles. The molecule has 1 aromatic carbocycles. The van der Waals surface area contributed by atoms with E-state index in [-0.39, 0.29) is 5.91 Å². The minimum atomic E-state index is 0.211. The quantitative estimate of drug-likeness (QED) is 0.848. The molecule has 2 N–H and O–H groups in total. The summed E-state index contributed by atoms with van der Waals surface area (Å²) >= 11 is 1.61. The maximum Gasteiger partial charge on any atom is 0.228 e. The van der Waals surface area contributed by atoms with Crippen LogP contribution in [0.25, 0.3) is 0 Å². The van der Waals surface area contributed by atoms with E-state index < -0.39 is 0 Å². The van der Waals surface area contributed by atoms with Gasteiger partial charge >= 0.3 is 0 Å². The number of thiazole rings is 1. The molecule has 0 spiro atoms. The summed E-state index contributed by atoms with van der Waals surface area (Å²) in [5.41, 5.74) is 9.22. The van der Waals surface area contributed by atoms with Crippen LogP contribution in [0.15, 0.2) is 35.7 Å². The van der Waals surface area contributed by atoms with Crippen molar-refractivity contribution in [2.45, 2.75) is 44.7 Å². The van der Waals surface area contributed by atoms with Crippen LogP contribution in [0.2, 0.25) is 0 Å². The van der Waals surface area contributed by atoms with E-state index in [0.717, 1.165) is 43.1 Å². The molecule has 0 radical (unpaired) electrons. The fourth-order valence-corrected chi connectivity index (χ4v) is 4.74. The highest BCUT2D eigenvalue weighted by atomic mass is 32.1. The molecule has 1 aromatic heterocycles. The van der Waals surface area contributed by atoms with E-state index in [1.165, 1.54) is 5.56 Å². The maximum atomic E-state index is 12.7. The minimum Gasteiger partial charge on any atom is -0.342 e. The molecule has 2 aliphatic heterocycles. The molecular formula is C20H26N4OS. The average Bonchev–Trinajstić information content (AvgIpc) is 3.26. The smallest absolute Gasteiger partial charge is 0.228 e. The molecule has 2 saturated heterocycles. The van der Waals surface area contributed by atoms with E-state index in [4.69, 9.17) is 0 Å². The highest BCUT2D eigenvalue weighted by Crippen LogP contribution is 2.27. The van der Waals surface area contributed by atoms with Crippen LogP contribution in [0.5, 0.6) is 0 Å². The number of benzene rings is 1. The summed E-state index contributed by atoms with van der Waals surface area (Å²) in [6.07, 6.45) is 3.60. The Morgan fingerprint density at radius 3 is 2.92 bits per heavy atom. The average molecular weight is 371 g/mol. The summed E-state index contributed by atoms with van der Waals surface area (Å²) in [5.74, 6) is 0.691. The molecule has 26 heavy (non-hydrogen) atoms. The number of hydrazine groups is 1. The van der Waals surface area contributed by atoms with Gasteiger partial charge < -0.3 is 4.90 Å². The van der Waals surface area contributed by atoms with E-state index >= 15 is 0 Å². The number of likely N-dealkylation sites (tertiary alicyclic amines) is 1. The molecule has 0 aliphatic carbocycles. The van der Waals surface area contributed by atoms with Gasteiger partial charge in [-0.05, 0) is 31.7 Å². The number of fused-ring (bicyclic) bond motifs is 1. The van der Waals surface area contributed by atoms with Crippen LogP contribution in [0.3, 0.4) is 0 Å². The predicted molar refractivity (Wildman–Crippen MR) is 104 cm³/mol. The normalized spacial score (nSPS) is 25.3. The van der Waals surface area contributed by atoms with Gasteiger partial charge in [0.15, 0.2) is 0 Å². The van der Waals surface area contributed by atoms with E-state index in [9.17, 15) is 4.79 Å². The summed E-state index contributed by atoms with van der Waals surface area (Å²) in [4.78, 5) is 19.2. The number of rotatable bonds is 5. The monoisotopic (exact) mass is 370 g/mol. The van der Waals surface area contributed by atoms with Crippen LogP contribution in [0, 0.1) is 12.8 Å². The number of aryl methyl sites for hydroxylation is 2. The van der Waals surface area contributed by atoms with Crippen molar-refractivity contribution < 1.29 is 4.79 Å². The third-order valence-electron chi connectivity index (χ3n) is 5.57. The lowest BCUT2D eigenvalue weighted by molar-refractivity contribution is -0.132. The summed E-state index contributed by atoms with van der Waals surface area (Å²) in [6.45, 7) is 3.66. The Bertz CT molecular complexity index is 747. The zero-order valence-electron chi connectivity index (χ0n) is 15.1. The van der Waals surface area contributed by atoms with Gasteiger partial charge in [0.2, 0.25) is 5.91 Å². The number of hydrogen-bond acceptors (Lipinski definition) is 5. The van der Waals surface area contributed by atoms with Gasteiger partial charge in [0.25, 0.3) is 0 Å². The molecule has 3 atom stereocenters. The first-order chi connectivity index (χ1) is 12.7. The number of nitrogens with zero attached hydrogens (tertiary/aromatic N) is 2. The Morgan fingerprint density at radius 1 is 1.31 bits per heavy atom. The lowest BCUT2D eigenvalue weighted by Crippen LogP contribution is -2.49. The topological polar surface area (TPSA) is 57.3 Å². The van der Waals surface area contributed by atoms with Crippen LogP contribution >= 0.6 is 11.3 Å². The second-order valence-electron chi connectivity index (χ2n) is 7.35. The highest BCUT2D eigenvalue weighted by Gasteiger charge is 2.40. The molecule has 2 aliphatic rings. The van der Waals surface area contributed by atoms with Gasteiger partial charge in [0, 0.05) is 36.5 Å². The van der Waals surface area contributed by atoms with E-state index in [0.29, 0.717) is 24.4 Å². The molecule has 2 aromatic rings. The maximum absolute atomic E-state index is 12.7. The Kier molecular flexibility index (Phi) is 5.33. The van der Waals surface area contributed by atoms with Gasteiger partial charge in [-0.3, -0.25) is 15.6 Å². The summed E-state index contributed by atoms with van der Waals surface area (Å²) in [7, 11) is 0. The second-order valence-corrected chi connectivity index (χ2v) is 8.42. The molecule has 138 valence electrons. The second kappa shape index (κ2) is 7.86. The van der Waals surface area contributed by atoms with Crippen molar-refractivity contribution >= 4 is 17.2 Å². The molecule has 5 nitrogen and oxygen atoms in total. The number of piperidine rings is 1. The molecule has 4 rings (SSSR count). The Hall–Kier alpha value is -1.76. The molecular weight excluding hydrogens is 344 g/mol. The van der Waals surface area contributed by atoms with Crippen LogP contribution in [-0.4, -0.2) is 41.0 Å². The summed E-state index contributed by atoms with van der Waals surface area (Å²) < 4.78 is 0. The van der Waals surface area contributed by atoms with E-state index in [2.05, 4.69) is 46.2 Å². The lowest BCUT2D eigenvalue weighted by Gasteiger charge is -2.36.